The molecule has 27 heavy (non-hydrogen) atoms. The number of carbonyl (C=O) groups excluding carboxylic acids is 2. The third-order valence-corrected chi connectivity index (χ3v) is 5.68. The van der Waals surface area contributed by atoms with Crippen LogP contribution < -0.4 is 5.32 Å². The normalized spacial score (nSPS) is 11.3. The van der Waals surface area contributed by atoms with Gasteiger partial charge in [0, 0.05) is 24.3 Å². The van der Waals surface area contributed by atoms with Gasteiger partial charge in [-0.3, -0.25) is 4.79 Å². The molecule has 0 radical (unpaired) electrons. The van der Waals surface area contributed by atoms with Gasteiger partial charge in [0.2, 0.25) is 10.0 Å². The molecule has 0 heterocycles. The lowest BCUT2D eigenvalue weighted by Crippen LogP contribution is -2.23. The van der Waals surface area contributed by atoms with Crippen LogP contribution >= 0.6 is 15.9 Å². The molecular weight excluding hydrogens is 443 g/mol. The van der Waals surface area contributed by atoms with E-state index < -0.39 is 34.3 Å². The molecule has 0 fully saturated rings. The fraction of sp³-hybridized carbons (Fsp3) is 0.176. The van der Waals surface area contributed by atoms with Crippen LogP contribution in [0.15, 0.2) is 51.8 Å². The smallest absolute Gasteiger partial charge is 0.341 e. The number of esters is 1. The number of rotatable bonds is 6. The second-order valence-electron chi connectivity index (χ2n) is 5.56. The van der Waals surface area contributed by atoms with Crippen LogP contribution in [-0.2, 0) is 19.6 Å². The van der Waals surface area contributed by atoms with Gasteiger partial charge < -0.3 is 10.1 Å². The first kappa shape index (κ1) is 21.0. The van der Waals surface area contributed by atoms with Crippen LogP contribution in [0.2, 0.25) is 0 Å². The van der Waals surface area contributed by atoms with Gasteiger partial charge in [-0.25, -0.2) is 21.9 Å². The van der Waals surface area contributed by atoms with Gasteiger partial charge in [-0.05, 0) is 36.4 Å². The van der Waals surface area contributed by atoms with Gasteiger partial charge in [0.15, 0.2) is 6.61 Å². The van der Waals surface area contributed by atoms with E-state index in [2.05, 4.69) is 21.2 Å². The number of amides is 1. The van der Waals surface area contributed by atoms with Crippen molar-refractivity contribution in [3.8, 4) is 0 Å². The Bertz CT molecular complexity index is 979. The summed E-state index contributed by atoms with van der Waals surface area (Å²) in [6.45, 7) is -0.657. The first-order chi connectivity index (χ1) is 12.6. The molecule has 144 valence electrons. The largest absolute Gasteiger partial charge is 0.452 e. The average molecular weight is 459 g/mol. The lowest BCUT2D eigenvalue weighted by Gasteiger charge is -2.12. The molecule has 0 aromatic heterocycles. The van der Waals surface area contributed by atoms with Crippen molar-refractivity contribution in [2.24, 2.45) is 0 Å². The highest BCUT2D eigenvalue weighted by atomic mass is 79.9. The van der Waals surface area contributed by atoms with Gasteiger partial charge in [0.05, 0.1) is 10.5 Å². The standard InChI is InChI=1S/C17H16BrFN2O5S/c1-21(2)27(24,25)13-5-3-4-12(9-13)20-16(22)10-26-17(23)14-8-11(18)6-7-15(14)19/h3-9H,10H2,1-2H3,(H,20,22). The number of hydrogen-bond acceptors (Lipinski definition) is 5. The summed E-state index contributed by atoms with van der Waals surface area (Å²) >= 11 is 3.12. The van der Waals surface area contributed by atoms with Crippen molar-refractivity contribution in [1.82, 2.24) is 4.31 Å². The van der Waals surface area contributed by atoms with Crippen LogP contribution in [0.1, 0.15) is 10.4 Å². The minimum Gasteiger partial charge on any atom is -0.452 e. The highest BCUT2D eigenvalue weighted by Crippen LogP contribution is 2.18. The van der Waals surface area contributed by atoms with E-state index in [0.29, 0.717) is 4.47 Å². The summed E-state index contributed by atoms with van der Waals surface area (Å²) in [5.41, 5.74) is -0.0936. The predicted molar refractivity (Wildman–Crippen MR) is 100 cm³/mol. The SMILES string of the molecule is CN(C)S(=O)(=O)c1cccc(NC(=O)COC(=O)c2cc(Br)ccc2F)c1. The zero-order chi connectivity index (χ0) is 20.2. The Balaban J connectivity index is 2.02. The van der Waals surface area contributed by atoms with Crippen molar-refractivity contribution in [3.05, 3.63) is 58.3 Å². The van der Waals surface area contributed by atoms with Crippen LogP contribution in [0.4, 0.5) is 10.1 Å². The van der Waals surface area contributed by atoms with E-state index in [4.69, 9.17) is 4.74 Å². The fourth-order valence-corrected chi connectivity index (χ4v) is 3.31. The maximum absolute atomic E-state index is 13.6. The van der Waals surface area contributed by atoms with Gasteiger partial charge >= 0.3 is 5.97 Å². The third kappa shape index (κ3) is 5.34. The van der Waals surface area contributed by atoms with Crippen molar-refractivity contribution in [2.45, 2.75) is 4.90 Å². The van der Waals surface area contributed by atoms with Crippen molar-refractivity contribution in [3.63, 3.8) is 0 Å². The predicted octanol–water partition coefficient (Wildman–Crippen LogP) is 2.63. The number of nitrogens with zero attached hydrogens (tertiary/aromatic N) is 1. The van der Waals surface area contributed by atoms with E-state index >= 15 is 0 Å². The zero-order valence-electron chi connectivity index (χ0n) is 14.4. The highest BCUT2D eigenvalue weighted by Gasteiger charge is 2.18. The van der Waals surface area contributed by atoms with E-state index in [1.807, 2.05) is 0 Å². The minimum absolute atomic E-state index is 0.00139. The molecule has 2 aromatic carbocycles. The quantitative estimate of drug-likeness (QED) is 0.671. The minimum atomic E-state index is -3.66. The molecule has 0 unspecified atom stereocenters. The van der Waals surface area contributed by atoms with Crippen molar-refractivity contribution in [2.75, 3.05) is 26.0 Å². The number of carbonyl (C=O) groups is 2. The Kier molecular flexibility index (Phi) is 6.68. The molecule has 1 amide bonds. The van der Waals surface area contributed by atoms with Gasteiger partial charge in [-0.2, -0.15) is 0 Å². The molecule has 0 bridgehead atoms. The van der Waals surface area contributed by atoms with E-state index in [-0.39, 0.29) is 16.1 Å². The van der Waals surface area contributed by atoms with Gasteiger partial charge in [0.1, 0.15) is 5.82 Å². The summed E-state index contributed by atoms with van der Waals surface area (Å²) < 4.78 is 44.2. The molecule has 2 rings (SSSR count). The maximum Gasteiger partial charge on any atom is 0.341 e. The van der Waals surface area contributed by atoms with E-state index in [1.165, 1.54) is 50.5 Å². The Morgan fingerprint density at radius 1 is 1.19 bits per heavy atom. The Morgan fingerprint density at radius 3 is 2.56 bits per heavy atom. The Morgan fingerprint density at radius 2 is 1.89 bits per heavy atom. The van der Waals surface area contributed by atoms with Gasteiger partial charge in [0.25, 0.3) is 5.91 Å². The van der Waals surface area contributed by atoms with Gasteiger partial charge in [-0.15, -0.1) is 0 Å². The Labute approximate surface area is 164 Å². The second kappa shape index (κ2) is 8.59. The monoisotopic (exact) mass is 458 g/mol. The van der Waals surface area contributed by atoms with Crippen LogP contribution in [0.3, 0.4) is 0 Å². The summed E-state index contributed by atoms with van der Waals surface area (Å²) in [6, 6.07) is 9.39. The number of nitrogens with one attached hydrogen (secondary N) is 1. The maximum atomic E-state index is 13.6. The van der Waals surface area contributed by atoms with Crippen molar-refractivity contribution >= 4 is 43.5 Å². The molecular formula is C17H16BrFN2O5S. The molecule has 0 saturated heterocycles. The number of halogens is 2. The second-order valence-corrected chi connectivity index (χ2v) is 8.63. The molecule has 0 aliphatic rings. The van der Waals surface area contributed by atoms with Crippen LogP contribution in [0.25, 0.3) is 0 Å². The lowest BCUT2D eigenvalue weighted by atomic mass is 10.2. The summed E-state index contributed by atoms with van der Waals surface area (Å²) in [6.07, 6.45) is 0. The van der Waals surface area contributed by atoms with Crippen LogP contribution in [-0.4, -0.2) is 45.3 Å². The number of benzene rings is 2. The average Bonchev–Trinajstić information content (AvgIpc) is 2.61. The number of hydrogen-bond donors (Lipinski definition) is 1. The molecule has 0 saturated carbocycles. The first-order valence-electron chi connectivity index (χ1n) is 7.56. The molecule has 1 N–H and O–H groups in total. The van der Waals surface area contributed by atoms with E-state index in [9.17, 15) is 22.4 Å². The van der Waals surface area contributed by atoms with Crippen LogP contribution in [0, 0.1) is 5.82 Å². The highest BCUT2D eigenvalue weighted by molar-refractivity contribution is 9.10. The number of sulfonamides is 1. The fourth-order valence-electron chi connectivity index (χ4n) is 2.00. The summed E-state index contributed by atoms with van der Waals surface area (Å²) in [4.78, 5) is 23.8. The molecule has 0 spiro atoms. The van der Waals surface area contributed by atoms with E-state index in [0.717, 1.165) is 10.4 Å². The van der Waals surface area contributed by atoms with Crippen LogP contribution in [0.5, 0.6) is 0 Å². The number of ether oxygens (including phenoxy) is 1. The summed E-state index contributed by atoms with van der Waals surface area (Å²) in [7, 11) is -0.875. The summed E-state index contributed by atoms with van der Waals surface area (Å²) in [5.74, 6) is -2.46. The molecule has 0 aliphatic heterocycles. The lowest BCUT2D eigenvalue weighted by molar-refractivity contribution is -0.119. The van der Waals surface area contributed by atoms with Crippen molar-refractivity contribution < 1.29 is 27.1 Å². The first-order valence-corrected chi connectivity index (χ1v) is 9.79. The Hall–Kier alpha value is -2.30. The zero-order valence-corrected chi connectivity index (χ0v) is 16.8. The molecule has 7 nitrogen and oxygen atoms in total. The molecule has 10 heteroatoms. The van der Waals surface area contributed by atoms with Crippen molar-refractivity contribution in [1.29, 1.82) is 0 Å². The molecule has 0 aliphatic carbocycles. The third-order valence-electron chi connectivity index (χ3n) is 3.38. The molecule has 2 aromatic rings. The summed E-state index contributed by atoms with van der Waals surface area (Å²) in [5, 5.41) is 2.42. The number of anilines is 1. The van der Waals surface area contributed by atoms with Gasteiger partial charge in [-0.1, -0.05) is 22.0 Å². The topological polar surface area (TPSA) is 92.8 Å². The van der Waals surface area contributed by atoms with E-state index in [1.54, 1.807) is 0 Å². The molecule has 0 atom stereocenters.